The van der Waals surface area contributed by atoms with E-state index >= 15 is 0 Å². The van der Waals surface area contributed by atoms with E-state index < -0.39 is 0 Å². The fourth-order valence-electron chi connectivity index (χ4n) is 6.13. The van der Waals surface area contributed by atoms with Gasteiger partial charge in [0.2, 0.25) is 11.8 Å². The summed E-state index contributed by atoms with van der Waals surface area (Å²) in [5, 5.41) is 1.25. The minimum absolute atomic E-state index is 0.251. The summed E-state index contributed by atoms with van der Waals surface area (Å²) in [5.41, 5.74) is 4.21. The van der Waals surface area contributed by atoms with Crippen molar-refractivity contribution < 1.29 is 9.59 Å². The highest BCUT2D eigenvalue weighted by molar-refractivity contribution is 6.13. The van der Waals surface area contributed by atoms with Gasteiger partial charge in [-0.2, -0.15) is 0 Å². The van der Waals surface area contributed by atoms with Crippen LogP contribution in [0.4, 0.5) is 0 Å². The molecular formula is C36H24N2O4. The number of rotatable bonds is 2. The molecule has 42 heavy (non-hydrogen) atoms. The predicted molar refractivity (Wildman–Crippen MR) is 168 cm³/mol. The molecule has 0 atom stereocenters. The predicted octanol–water partition coefficient (Wildman–Crippen LogP) is 7.28. The zero-order valence-electron chi connectivity index (χ0n) is 22.9. The first-order valence-electron chi connectivity index (χ1n) is 13.6. The van der Waals surface area contributed by atoms with Gasteiger partial charge in [0.25, 0.3) is 0 Å². The van der Waals surface area contributed by atoms with Crippen LogP contribution in [-0.2, 0) is 0 Å². The smallest absolute Gasteiger partial charge is 0.228 e. The van der Waals surface area contributed by atoms with E-state index in [-0.39, 0.29) is 33.4 Å². The van der Waals surface area contributed by atoms with Gasteiger partial charge < -0.3 is 0 Å². The second-order valence-electron chi connectivity index (χ2n) is 10.4. The molecule has 0 saturated heterocycles. The van der Waals surface area contributed by atoms with Gasteiger partial charge in [-0.1, -0.05) is 84.9 Å². The topological polar surface area (TPSA) is 78.1 Å². The van der Waals surface area contributed by atoms with E-state index in [2.05, 4.69) is 0 Å². The summed E-state index contributed by atoms with van der Waals surface area (Å²) in [6.45, 7) is 2.88. The molecule has 0 aliphatic rings. The molecule has 0 spiro atoms. The van der Waals surface area contributed by atoms with Gasteiger partial charge in [-0.25, -0.2) is 0 Å². The number of benzene rings is 5. The van der Waals surface area contributed by atoms with E-state index in [9.17, 15) is 19.2 Å². The highest BCUT2D eigenvalue weighted by atomic mass is 16.2. The Labute approximate surface area is 239 Å². The van der Waals surface area contributed by atoms with E-state index in [0.717, 1.165) is 22.3 Å². The van der Waals surface area contributed by atoms with Gasteiger partial charge in [0.1, 0.15) is 0 Å². The Morgan fingerprint density at radius 3 is 1.21 bits per heavy atom. The van der Waals surface area contributed by atoms with Crippen LogP contribution in [0.5, 0.6) is 0 Å². The van der Waals surface area contributed by atoms with Gasteiger partial charge in [-0.05, 0) is 35.4 Å². The number of fused-ring (bicyclic) bond motifs is 4. The molecule has 7 aromatic rings. The Kier molecular flexibility index (Phi) is 5.73. The van der Waals surface area contributed by atoms with Crippen molar-refractivity contribution in [3.05, 3.63) is 130 Å². The van der Waals surface area contributed by atoms with Crippen LogP contribution in [0.15, 0.2) is 119 Å². The van der Waals surface area contributed by atoms with Crippen LogP contribution in [0.1, 0.15) is 23.4 Å². The third-order valence-corrected chi connectivity index (χ3v) is 7.89. The molecule has 0 radical (unpaired) electrons. The second kappa shape index (κ2) is 9.49. The summed E-state index contributed by atoms with van der Waals surface area (Å²) in [6.07, 6.45) is 0. The first-order chi connectivity index (χ1) is 20.4. The van der Waals surface area contributed by atoms with Crippen molar-refractivity contribution in [2.45, 2.75) is 13.8 Å². The molecule has 0 bridgehead atoms. The first kappa shape index (κ1) is 25.4. The SMILES string of the molecule is CC(=O)n1c2cc3c(=O)c4cccc(-c5ccccc5)c4n(C(C)=O)c3cc2c(=O)c2cccc(-c3ccccc3)c21. The van der Waals surface area contributed by atoms with Gasteiger partial charge in [-0.15, -0.1) is 0 Å². The van der Waals surface area contributed by atoms with Crippen molar-refractivity contribution in [2.24, 2.45) is 0 Å². The quantitative estimate of drug-likeness (QED) is 0.213. The number of para-hydroxylation sites is 2. The Balaban J connectivity index is 1.71. The normalized spacial score (nSPS) is 11.5. The molecule has 0 N–H and O–H groups in total. The Bertz CT molecular complexity index is 2210. The van der Waals surface area contributed by atoms with Crippen molar-refractivity contribution in [1.82, 2.24) is 9.13 Å². The van der Waals surface area contributed by atoms with Gasteiger partial charge in [0.15, 0.2) is 10.9 Å². The van der Waals surface area contributed by atoms with Gasteiger partial charge in [0, 0.05) is 46.5 Å². The van der Waals surface area contributed by atoms with Gasteiger partial charge in [0.05, 0.1) is 22.1 Å². The zero-order valence-corrected chi connectivity index (χ0v) is 22.9. The minimum atomic E-state index is -0.299. The maximum absolute atomic E-state index is 14.1. The van der Waals surface area contributed by atoms with E-state index in [4.69, 9.17) is 0 Å². The molecule has 5 aromatic carbocycles. The maximum atomic E-state index is 14.1. The average molecular weight is 549 g/mol. The Morgan fingerprint density at radius 2 is 0.857 bits per heavy atom. The number of aromatic nitrogens is 2. The largest absolute Gasteiger partial charge is 0.288 e. The summed E-state index contributed by atoms with van der Waals surface area (Å²) in [5.74, 6) is -0.599. The van der Waals surface area contributed by atoms with Crippen molar-refractivity contribution in [2.75, 3.05) is 0 Å². The molecule has 0 aliphatic carbocycles. The fraction of sp³-hybridized carbons (Fsp3) is 0.0556. The molecule has 0 aliphatic heterocycles. The Hall–Kier alpha value is -5.62. The van der Waals surface area contributed by atoms with Crippen molar-refractivity contribution in [3.8, 4) is 22.3 Å². The third-order valence-electron chi connectivity index (χ3n) is 7.89. The van der Waals surface area contributed by atoms with Crippen molar-refractivity contribution >= 4 is 55.4 Å². The summed E-state index contributed by atoms with van der Waals surface area (Å²) in [6, 6.07) is 33.1. The monoisotopic (exact) mass is 548 g/mol. The van der Waals surface area contributed by atoms with E-state index in [1.807, 2.05) is 72.8 Å². The standard InChI is InChI=1S/C36H24N2O4/c1-21(39)37-31-19-30-32(20-29(31)35(41)27-17-9-15-25(33(27)37)23-11-5-3-6-12-23)38(22(2)40)34-26(24-13-7-4-8-14-24)16-10-18-28(34)36(30)42/h3-20H,1-2H3. The molecule has 0 unspecified atom stereocenters. The van der Waals surface area contributed by atoms with Crippen LogP contribution in [0, 0.1) is 0 Å². The van der Waals surface area contributed by atoms with Crippen LogP contribution in [0.2, 0.25) is 0 Å². The molecule has 6 nitrogen and oxygen atoms in total. The molecule has 6 heteroatoms. The van der Waals surface area contributed by atoms with E-state index in [1.165, 1.54) is 23.0 Å². The summed E-state index contributed by atoms with van der Waals surface area (Å²) < 4.78 is 3.02. The lowest BCUT2D eigenvalue weighted by atomic mass is 9.97. The highest BCUT2D eigenvalue weighted by Crippen LogP contribution is 2.34. The molecule has 0 fully saturated rings. The number of hydrogen-bond acceptors (Lipinski definition) is 4. The molecule has 7 rings (SSSR count). The van der Waals surface area contributed by atoms with Crippen LogP contribution in [0.3, 0.4) is 0 Å². The molecule has 2 aromatic heterocycles. The van der Waals surface area contributed by atoms with Crippen LogP contribution >= 0.6 is 0 Å². The van der Waals surface area contributed by atoms with Crippen molar-refractivity contribution in [1.29, 1.82) is 0 Å². The molecular weight excluding hydrogens is 524 g/mol. The maximum Gasteiger partial charge on any atom is 0.228 e. The number of pyridine rings is 2. The number of hydrogen-bond donors (Lipinski definition) is 0. The van der Waals surface area contributed by atoms with Crippen molar-refractivity contribution in [3.63, 3.8) is 0 Å². The lowest BCUT2D eigenvalue weighted by Crippen LogP contribution is -2.19. The highest BCUT2D eigenvalue weighted by Gasteiger charge is 2.22. The van der Waals surface area contributed by atoms with Gasteiger partial charge in [-0.3, -0.25) is 28.3 Å². The molecule has 202 valence electrons. The number of carbonyl (C=O) groups is 2. The Morgan fingerprint density at radius 1 is 0.476 bits per heavy atom. The third kappa shape index (κ3) is 3.65. The minimum Gasteiger partial charge on any atom is -0.288 e. The average Bonchev–Trinajstić information content (AvgIpc) is 3.01. The zero-order chi connectivity index (χ0) is 29.1. The summed E-state index contributed by atoms with van der Waals surface area (Å²) in [7, 11) is 0. The number of carbonyl (C=O) groups excluding carboxylic acids is 2. The summed E-state index contributed by atoms with van der Waals surface area (Å²) >= 11 is 0. The van der Waals surface area contributed by atoms with E-state index in [1.54, 1.807) is 36.4 Å². The van der Waals surface area contributed by atoms with Crippen LogP contribution in [0.25, 0.3) is 65.9 Å². The van der Waals surface area contributed by atoms with Crippen LogP contribution in [-0.4, -0.2) is 20.9 Å². The van der Waals surface area contributed by atoms with E-state index in [0.29, 0.717) is 32.8 Å². The lowest BCUT2D eigenvalue weighted by Gasteiger charge is -2.19. The summed E-state index contributed by atoms with van der Waals surface area (Å²) in [4.78, 5) is 54.8. The second-order valence-corrected chi connectivity index (χ2v) is 10.4. The fourth-order valence-corrected chi connectivity index (χ4v) is 6.13. The lowest BCUT2D eigenvalue weighted by molar-refractivity contribution is 0.0936. The first-order valence-corrected chi connectivity index (χ1v) is 13.6. The van der Waals surface area contributed by atoms with Crippen LogP contribution < -0.4 is 10.9 Å². The molecule has 2 heterocycles. The molecule has 0 amide bonds. The number of nitrogens with zero attached hydrogens (tertiary/aromatic N) is 2. The molecule has 0 saturated carbocycles. The van der Waals surface area contributed by atoms with Gasteiger partial charge >= 0.3 is 0 Å².